The minimum Gasteiger partial charge on any atom is -0.444 e. The maximum Gasteiger partial charge on any atom is 0.410 e. The average molecular weight is 277 g/mol. The molecule has 1 aliphatic heterocycles. The number of likely N-dealkylation sites (tertiary alicyclic amines) is 1. The fourth-order valence-electron chi connectivity index (χ4n) is 2.51. The van der Waals surface area contributed by atoms with E-state index in [1.54, 1.807) is 17.3 Å². The van der Waals surface area contributed by atoms with Crippen LogP contribution in [0.5, 0.6) is 0 Å². The first-order valence-corrected chi connectivity index (χ1v) is 7.04. The molecule has 1 atom stereocenters. The molecule has 5 heteroatoms. The van der Waals surface area contributed by atoms with Crippen molar-refractivity contribution >= 4 is 11.8 Å². The number of aromatic nitrogens is 1. The SMILES string of the molecule is CC(C)(C)OC(=O)N1CCCC(c2ccncc2N)C1. The topological polar surface area (TPSA) is 68.5 Å². The molecule has 0 radical (unpaired) electrons. The van der Waals surface area contributed by atoms with Gasteiger partial charge in [0.15, 0.2) is 0 Å². The number of rotatable bonds is 1. The highest BCUT2D eigenvalue weighted by Gasteiger charge is 2.28. The molecule has 0 aromatic carbocycles. The van der Waals surface area contributed by atoms with Crippen molar-refractivity contribution < 1.29 is 9.53 Å². The standard InChI is InChI=1S/C15H23N3O2/c1-15(2,3)20-14(19)18-8-4-5-11(10-18)12-6-7-17-9-13(12)16/h6-7,9,11H,4-5,8,10,16H2,1-3H3. The van der Waals surface area contributed by atoms with E-state index in [1.807, 2.05) is 26.8 Å². The van der Waals surface area contributed by atoms with E-state index < -0.39 is 5.60 Å². The predicted octanol–water partition coefficient (Wildman–Crippen LogP) is 2.78. The molecule has 0 aliphatic carbocycles. The summed E-state index contributed by atoms with van der Waals surface area (Å²) in [6.07, 6.45) is 5.17. The summed E-state index contributed by atoms with van der Waals surface area (Å²) in [5.74, 6) is 0.263. The van der Waals surface area contributed by atoms with E-state index in [4.69, 9.17) is 10.5 Å². The Morgan fingerprint density at radius 1 is 1.50 bits per heavy atom. The molecule has 110 valence electrons. The summed E-state index contributed by atoms with van der Waals surface area (Å²) < 4.78 is 5.44. The Balaban J connectivity index is 2.06. The van der Waals surface area contributed by atoms with Gasteiger partial charge in [-0.25, -0.2) is 4.79 Å². The van der Waals surface area contributed by atoms with Gasteiger partial charge in [0.1, 0.15) is 5.60 Å². The van der Waals surface area contributed by atoms with Crippen LogP contribution in [0.2, 0.25) is 0 Å². The lowest BCUT2D eigenvalue weighted by Crippen LogP contribution is -2.42. The van der Waals surface area contributed by atoms with Crippen LogP contribution >= 0.6 is 0 Å². The monoisotopic (exact) mass is 277 g/mol. The molecular formula is C15H23N3O2. The number of amides is 1. The molecule has 0 saturated carbocycles. The molecule has 2 rings (SSSR count). The van der Waals surface area contributed by atoms with Gasteiger partial charge in [-0.3, -0.25) is 4.98 Å². The molecule has 1 aliphatic rings. The summed E-state index contributed by atoms with van der Waals surface area (Å²) in [7, 11) is 0. The quantitative estimate of drug-likeness (QED) is 0.857. The van der Waals surface area contributed by atoms with E-state index in [-0.39, 0.29) is 12.0 Å². The Bertz CT molecular complexity index is 482. The third-order valence-corrected chi connectivity index (χ3v) is 3.40. The number of carbonyl (C=O) groups excluding carboxylic acids is 1. The molecule has 20 heavy (non-hydrogen) atoms. The number of hydrogen-bond acceptors (Lipinski definition) is 4. The highest BCUT2D eigenvalue weighted by molar-refractivity contribution is 5.68. The molecule has 1 aromatic rings. The summed E-state index contributed by atoms with van der Waals surface area (Å²) in [4.78, 5) is 17.9. The summed E-state index contributed by atoms with van der Waals surface area (Å²) in [5.41, 5.74) is 7.29. The minimum absolute atomic E-state index is 0.241. The third-order valence-electron chi connectivity index (χ3n) is 3.40. The van der Waals surface area contributed by atoms with Gasteiger partial charge in [0.2, 0.25) is 0 Å². The third kappa shape index (κ3) is 3.62. The molecule has 1 unspecified atom stereocenters. The molecule has 1 saturated heterocycles. The number of nitrogen functional groups attached to an aromatic ring is 1. The van der Waals surface area contributed by atoms with Crippen LogP contribution in [0.3, 0.4) is 0 Å². The lowest BCUT2D eigenvalue weighted by molar-refractivity contribution is 0.0198. The van der Waals surface area contributed by atoms with Crippen molar-refractivity contribution in [3.63, 3.8) is 0 Å². The first kappa shape index (κ1) is 14.6. The van der Waals surface area contributed by atoms with Crippen LogP contribution < -0.4 is 5.73 Å². The molecule has 2 heterocycles. The van der Waals surface area contributed by atoms with E-state index in [1.165, 1.54) is 0 Å². The van der Waals surface area contributed by atoms with Gasteiger partial charge >= 0.3 is 6.09 Å². The van der Waals surface area contributed by atoms with Crippen molar-refractivity contribution in [3.05, 3.63) is 24.0 Å². The van der Waals surface area contributed by atoms with Crippen LogP contribution in [0.1, 0.15) is 45.1 Å². The second kappa shape index (κ2) is 5.69. The van der Waals surface area contributed by atoms with Crippen LogP contribution in [0.25, 0.3) is 0 Å². The number of piperidine rings is 1. The highest BCUT2D eigenvalue weighted by Crippen LogP contribution is 2.30. The first-order chi connectivity index (χ1) is 9.37. The summed E-state index contributed by atoms with van der Waals surface area (Å²) in [6.45, 7) is 7.05. The van der Waals surface area contributed by atoms with E-state index in [0.29, 0.717) is 12.2 Å². The fraction of sp³-hybridized carbons (Fsp3) is 0.600. The largest absolute Gasteiger partial charge is 0.444 e. The van der Waals surface area contributed by atoms with E-state index >= 15 is 0 Å². The van der Waals surface area contributed by atoms with Crippen molar-refractivity contribution in [2.45, 2.75) is 45.1 Å². The van der Waals surface area contributed by atoms with Gasteiger partial charge in [0.25, 0.3) is 0 Å². The van der Waals surface area contributed by atoms with Gasteiger partial charge in [0, 0.05) is 25.2 Å². The van der Waals surface area contributed by atoms with E-state index in [2.05, 4.69) is 4.98 Å². The van der Waals surface area contributed by atoms with E-state index in [9.17, 15) is 4.79 Å². The number of nitrogens with zero attached hydrogens (tertiary/aromatic N) is 2. The van der Waals surface area contributed by atoms with Gasteiger partial charge < -0.3 is 15.4 Å². The smallest absolute Gasteiger partial charge is 0.410 e. The average Bonchev–Trinajstić information content (AvgIpc) is 2.37. The number of pyridine rings is 1. The van der Waals surface area contributed by atoms with Crippen molar-refractivity contribution in [2.75, 3.05) is 18.8 Å². The van der Waals surface area contributed by atoms with Crippen molar-refractivity contribution in [3.8, 4) is 0 Å². The zero-order chi connectivity index (χ0) is 14.8. The van der Waals surface area contributed by atoms with Crippen LogP contribution in [-0.4, -0.2) is 34.7 Å². The van der Waals surface area contributed by atoms with Crippen molar-refractivity contribution in [1.29, 1.82) is 0 Å². The van der Waals surface area contributed by atoms with Crippen LogP contribution in [0.4, 0.5) is 10.5 Å². The zero-order valence-corrected chi connectivity index (χ0v) is 12.4. The van der Waals surface area contributed by atoms with Crippen LogP contribution in [0.15, 0.2) is 18.5 Å². The van der Waals surface area contributed by atoms with Gasteiger partial charge in [-0.2, -0.15) is 0 Å². The Hall–Kier alpha value is -1.78. The fourth-order valence-corrected chi connectivity index (χ4v) is 2.51. The summed E-state index contributed by atoms with van der Waals surface area (Å²) >= 11 is 0. The Kier molecular flexibility index (Phi) is 4.16. The van der Waals surface area contributed by atoms with Crippen LogP contribution in [-0.2, 0) is 4.74 Å². The molecule has 1 fully saturated rings. The summed E-state index contributed by atoms with van der Waals surface area (Å²) in [6, 6.07) is 1.94. The number of carbonyl (C=O) groups is 1. The number of anilines is 1. The Morgan fingerprint density at radius 3 is 2.90 bits per heavy atom. The molecule has 1 amide bonds. The Morgan fingerprint density at radius 2 is 2.25 bits per heavy atom. The van der Waals surface area contributed by atoms with Crippen molar-refractivity contribution in [2.24, 2.45) is 0 Å². The number of nitrogens with two attached hydrogens (primary N) is 1. The molecule has 0 spiro atoms. The number of hydrogen-bond donors (Lipinski definition) is 1. The molecule has 1 aromatic heterocycles. The maximum absolute atomic E-state index is 12.1. The summed E-state index contributed by atoms with van der Waals surface area (Å²) in [5, 5.41) is 0. The second-order valence-corrected chi connectivity index (χ2v) is 6.27. The van der Waals surface area contributed by atoms with Crippen LogP contribution in [0, 0.1) is 0 Å². The normalized spacial score (nSPS) is 19.8. The van der Waals surface area contributed by atoms with E-state index in [0.717, 1.165) is 24.9 Å². The number of ether oxygens (including phenoxy) is 1. The first-order valence-electron chi connectivity index (χ1n) is 7.04. The Labute approximate surface area is 120 Å². The minimum atomic E-state index is -0.459. The predicted molar refractivity (Wildman–Crippen MR) is 78.4 cm³/mol. The van der Waals surface area contributed by atoms with Gasteiger partial charge in [-0.15, -0.1) is 0 Å². The van der Waals surface area contributed by atoms with Gasteiger partial charge in [-0.05, 0) is 45.2 Å². The lowest BCUT2D eigenvalue weighted by atomic mass is 9.90. The molecule has 2 N–H and O–H groups in total. The lowest BCUT2D eigenvalue weighted by Gasteiger charge is -2.34. The maximum atomic E-state index is 12.1. The van der Waals surface area contributed by atoms with Crippen molar-refractivity contribution in [1.82, 2.24) is 9.88 Å². The van der Waals surface area contributed by atoms with Gasteiger partial charge in [-0.1, -0.05) is 0 Å². The van der Waals surface area contributed by atoms with Gasteiger partial charge in [0.05, 0.1) is 11.9 Å². The zero-order valence-electron chi connectivity index (χ0n) is 12.4. The highest BCUT2D eigenvalue weighted by atomic mass is 16.6. The molecule has 0 bridgehead atoms. The molecule has 5 nitrogen and oxygen atoms in total. The molecular weight excluding hydrogens is 254 g/mol. The second-order valence-electron chi connectivity index (χ2n) is 6.27.